The van der Waals surface area contributed by atoms with Crippen LogP contribution in [0, 0.1) is 5.41 Å². The highest BCUT2D eigenvalue weighted by Crippen LogP contribution is 2.44. The lowest BCUT2D eigenvalue weighted by atomic mass is 10.2. The number of hydrogen-bond acceptors (Lipinski definition) is 2. The van der Waals surface area contributed by atoms with Gasteiger partial charge in [-0.25, -0.2) is 13.1 Å². The maximum absolute atomic E-state index is 12.0. The largest absolute Gasteiger partial charge is 0.240 e. The molecule has 1 fully saturated rings. The monoisotopic (exact) mass is 337 g/mol. The van der Waals surface area contributed by atoms with Crippen molar-refractivity contribution in [3.8, 4) is 0 Å². The summed E-state index contributed by atoms with van der Waals surface area (Å²) in [6.45, 7) is 2.57. The molecule has 1 aromatic carbocycles. The molecule has 0 aromatic heterocycles. The third-order valence-corrected chi connectivity index (χ3v) is 5.61. The Bertz CT molecular complexity index is 540. The van der Waals surface area contributed by atoms with Gasteiger partial charge in [-0.05, 0) is 52.4 Å². The normalized spacial score (nSPS) is 18.1. The second-order valence-corrected chi connectivity index (χ2v) is 7.74. The molecule has 17 heavy (non-hydrogen) atoms. The fourth-order valence-electron chi connectivity index (χ4n) is 1.39. The van der Waals surface area contributed by atoms with E-state index in [1.54, 1.807) is 6.07 Å². The van der Waals surface area contributed by atoms with Gasteiger partial charge in [-0.2, -0.15) is 0 Å². The van der Waals surface area contributed by atoms with Gasteiger partial charge in [-0.3, -0.25) is 0 Å². The van der Waals surface area contributed by atoms with Gasteiger partial charge in [0, 0.05) is 11.0 Å². The van der Waals surface area contributed by atoms with Gasteiger partial charge < -0.3 is 0 Å². The van der Waals surface area contributed by atoms with Crippen LogP contribution in [0.3, 0.4) is 0 Å². The fraction of sp³-hybridized carbons (Fsp3) is 0.455. The molecule has 1 saturated carbocycles. The van der Waals surface area contributed by atoms with Crippen LogP contribution < -0.4 is 4.72 Å². The van der Waals surface area contributed by atoms with Crippen molar-refractivity contribution in [2.45, 2.75) is 24.7 Å². The van der Waals surface area contributed by atoms with Gasteiger partial charge in [0.2, 0.25) is 10.0 Å². The summed E-state index contributed by atoms with van der Waals surface area (Å²) < 4.78 is 27.2. The smallest absolute Gasteiger partial charge is 0.211 e. The van der Waals surface area contributed by atoms with E-state index < -0.39 is 10.0 Å². The summed E-state index contributed by atoms with van der Waals surface area (Å²) in [5, 5.41) is 0.498. The third-order valence-electron chi connectivity index (χ3n) is 2.99. The lowest BCUT2D eigenvalue weighted by molar-refractivity contribution is 0.530. The van der Waals surface area contributed by atoms with E-state index in [-0.39, 0.29) is 10.3 Å². The Kier molecular flexibility index (Phi) is 3.56. The Labute approximate surface area is 115 Å². The van der Waals surface area contributed by atoms with Crippen molar-refractivity contribution in [1.82, 2.24) is 4.72 Å². The van der Waals surface area contributed by atoms with Crippen LogP contribution in [0.4, 0.5) is 0 Å². The molecule has 2 rings (SSSR count). The van der Waals surface area contributed by atoms with Crippen LogP contribution in [0.2, 0.25) is 5.02 Å². The molecule has 1 aromatic rings. The van der Waals surface area contributed by atoms with Crippen LogP contribution in [0.15, 0.2) is 27.6 Å². The molecule has 1 N–H and O–H groups in total. The first-order valence-electron chi connectivity index (χ1n) is 5.27. The van der Waals surface area contributed by atoms with Gasteiger partial charge >= 0.3 is 0 Å². The fourth-order valence-corrected chi connectivity index (χ4v) is 3.26. The van der Waals surface area contributed by atoms with Crippen LogP contribution >= 0.6 is 27.5 Å². The van der Waals surface area contributed by atoms with Crippen LogP contribution in [0.25, 0.3) is 0 Å². The van der Waals surface area contributed by atoms with Crippen LogP contribution in [0.1, 0.15) is 19.8 Å². The molecule has 94 valence electrons. The van der Waals surface area contributed by atoms with Crippen LogP contribution in [-0.2, 0) is 10.0 Å². The van der Waals surface area contributed by atoms with Gasteiger partial charge in [0.15, 0.2) is 0 Å². The van der Waals surface area contributed by atoms with Crippen molar-refractivity contribution >= 4 is 37.6 Å². The molecular weight excluding hydrogens is 326 g/mol. The van der Waals surface area contributed by atoms with Gasteiger partial charge in [-0.1, -0.05) is 18.5 Å². The Morgan fingerprint density at radius 2 is 2.12 bits per heavy atom. The highest BCUT2D eigenvalue weighted by molar-refractivity contribution is 9.10. The number of hydrogen-bond donors (Lipinski definition) is 1. The van der Waals surface area contributed by atoms with E-state index in [0.717, 1.165) is 12.8 Å². The van der Waals surface area contributed by atoms with E-state index in [4.69, 9.17) is 11.6 Å². The van der Waals surface area contributed by atoms with E-state index >= 15 is 0 Å². The summed E-state index contributed by atoms with van der Waals surface area (Å²) in [4.78, 5) is 0.234. The van der Waals surface area contributed by atoms with E-state index in [9.17, 15) is 8.42 Å². The third kappa shape index (κ3) is 3.22. The minimum atomic E-state index is -3.43. The zero-order chi connectivity index (χ0) is 12.7. The maximum atomic E-state index is 12.0. The molecule has 0 amide bonds. The highest BCUT2D eigenvalue weighted by atomic mass is 79.9. The second-order valence-electron chi connectivity index (χ2n) is 4.71. The topological polar surface area (TPSA) is 46.2 Å². The number of halogens is 2. The second kappa shape index (κ2) is 4.53. The van der Waals surface area contributed by atoms with Gasteiger partial charge in [0.1, 0.15) is 0 Å². The van der Waals surface area contributed by atoms with Crippen molar-refractivity contribution in [3.05, 3.63) is 27.7 Å². The van der Waals surface area contributed by atoms with E-state index in [1.807, 2.05) is 0 Å². The van der Waals surface area contributed by atoms with Crippen molar-refractivity contribution in [2.24, 2.45) is 5.41 Å². The number of sulfonamides is 1. The number of benzene rings is 1. The first kappa shape index (κ1) is 13.3. The predicted octanol–water partition coefficient (Wildman–Crippen LogP) is 3.18. The molecule has 0 bridgehead atoms. The van der Waals surface area contributed by atoms with Crippen LogP contribution in [-0.4, -0.2) is 15.0 Å². The molecule has 0 radical (unpaired) electrons. The molecule has 0 saturated heterocycles. The molecule has 0 atom stereocenters. The standard InChI is InChI=1S/C11H13BrClNO2S/c1-11(4-5-11)7-14-17(15,16)8-2-3-10(13)9(12)6-8/h2-3,6,14H,4-5,7H2,1H3. The average molecular weight is 339 g/mol. The Morgan fingerprint density at radius 1 is 1.47 bits per heavy atom. The van der Waals surface area contributed by atoms with E-state index in [0.29, 0.717) is 16.0 Å². The van der Waals surface area contributed by atoms with Crippen molar-refractivity contribution in [1.29, 1.82) is 0 Å². The summed E-state index contributed by atoms with van der Waals surface area (Å²) in [6, 6.07) is 4.59. The molecule has 0 aliphatic heterocycles. The minimum absolute atomic E-state index is 0.150. The van der Waals surface area contributed by atoms with Gasteiger partial charge in [-0.15, -0.1) is 0 Å². The number of nitrogens with one attached hydrogen (secondary N) is 1. The lowest BCUT2D eigenvalue weighted by Crippen LogP contribution is -2.29. The Balaban J connectivity index is 2.16. The average Bonchev–Trinajstić information content (AvgIpc) is 2.99. The van der Waals surface area contributed by atoms with Crippen LogP contribution in [0.5, 0.6) is 0 Å². The Morgan fingerprint density at radius 3 is 2.65 bits per heavy atom. The minimum Gasteiger partial charge on any atom is -0.211 e. The first-order valence-corrected chi connectivity index (χ1v) is 7.93. The molecule has 0 spiro atoms. The van der Waals surface area contributed by atoms with Gasteiger partial charge in [0.25, 0.3) is 0 Å². The molecule has 3 nitrogen and oxygen atoms in total. The van der Waals surface area contributed by atoms with Gasteiger partial charge in [0.05, 0.1) is 9.92 Å². The van der Waals surface area contributed by atoms with E-state index in [1.165, 1.54) is 12.1 Å². The van der Waals surface area contributed by atoms with Crippen molar-refractivity contribution < 1.29 is 8.42 Å². The first-order chi connectivity index (χ1) is 7.82. The SMILES string of the molecule is CC1(CNS(=O)(=O)c2ccc(Cl)c(Br)c2)CC1. The zero-order valence-electron chi connectivity index (χ0n) is 9.33. The summed E-state index contributed by atoms with van der Waals surface area (Å²) >= 11 is 9.05. The van der Waals surface area contributed by atoms with Crippen molar-refractivity contribution in [3.63, 3.8) is 0 Å². The molecule has 0 heterocycles. The Hall–Kier alpha value is -0.100. The molecule has 1 aliphatic carbocycles. The quantitative estimate of drug-likeness (QED) is 0.916. The summed E-state index contributed by atoms with van der Waals surface area (Å²) in [5.74, 6) is 0. The molecule has 1 aliphatic rings. The molecular formula is C11H13BrClNO2S. The zero-order valence-corrected chi connectivity index (χ0v) is 12.5. The summed E-state index contributed by atoms with van der Waals surface area (Å²) in [6.07, 6.45) is 2.17. The summed E-state index contributed by atoms with van der Waals surface area (Å²) in [5.41, 5.74) is 0.150. The highest BCUT2D eigenvalue weighted by Gasteiger charge is 2.38. The summed E-state index contributed by atoms with van der Waals surface area (Å²) in [7, 11) is -3.43. The lowest BCUT2D eigenvalue weighted by Gasteiger charge is -2.11. The maximum Gasteiger partial charge on any atom is 0.240 e. The number of rotatable bonds is 4. The molecule has 6 heteroatoms. The van der Waals surface area contributed by atoms with E-state index in [2.05, 4.69) is 27.6 Å². The predicted molar refractivity (Wildman–Crippen MR) is 71.7 cm³/mol. The molecule has 0 unspecified atom stereocenters. The van der Waals surface area contributed by atoms with Crippen molar-refractivity contribution in [2.75, 3.05) is 6.54 Å².